The van der Waals surface area contributed by atoms with E-state index in [4.69, 9.17) is 0 Å². The summed E-state index contributed by atoms with van der Waals surface area (Å²) in [5.41, 5.74) is 3.90. The molecule has 1 heteroatoms. The Morgan fingerprint density at radius 2 is 1.57 bits per heavy atom. The predicted octanol–water partition coefficient (Wildman–Crippen LogP) is 5.64. The summed E-state index contributed by atoms with van der Waals surface area (Å²) >= 11 is 0. The Kier molecular flexibility index (Phi) is 4.44. The van der Waals surface area contributed by atoms with Crippen LogP contribution in [0.25, 0.3) is 10.8 Å². The molecule has 3 aromatic carbocycles. The summed E-state index contributed by atoms with van der Waals surface area (Å²) < 4.78 is 14.4. The normalized spacial score (nSPS) is 10.4. The largest absolute Gasteiger partial charge is 0.206 e. The average molecular weight is 302 g/mol. The van der Waals surface area contributed by atoms with Gasteiger partial charge in [0.25, 0.3) is 0 Å². The van der Waals surface area contributed by atoms with Gasteiger partial charge in [-0.25, -0.2) is 4.39 Å². The third kappa shape index (κ3) is 3.43. The molecule has 0 amide bonds. The Morgan fingerprint density at radius 3 is 2.30 bits per heavy atom. The first-order valence-electron chi connectivity index (χ1n) is 7.97. The number of rotatable bonds is 2. The van der Waals surface area contributed by atoms with Gasteiger partial charge in [0, 0.05) is 16.5 Å². The molecule has 3 rings (SSSR count). The quantitative estimate of drug-likeness (QED) is 0.537. The van der Waals surface area contributed by atoms with E-state index >= 15 is 0 Å². The summed E-state index contributed by atoms with van der Waals surface area (Å²) in [6, 6.07) is 17.7. The van der Waals surface area contributed by atoms with Crippen LogP contribution < -0.4 is 0 Å². The van der Waals surface area contributed by atoms with Crippen LogP contribution in [0.2, 0.25) is 0 Å². The molecule has 0 fully saturated rings. The van der Waals surface area contributed by atoms with Gasteiger partial charge in [-0.3, -0.25) is 0 Å². The van der Waals surface area contributed by atoms with Gasteiger partial charge >= 0.3 is 0 Å². The Labute approximate surface area is 137 Å². The summed E-state index contributed by atoms with van der Waals surface area (Å²) in [5, 5.41) is 1.58. The van der Waals surface area contributed by atoms with Crippen molar-refractivity contribution < 1.29 is 4.39 Å². The smallest absolute Gasteiger partial charge is 0.134 e. The van der Waals surface area contributed by atoms with E-state index in [0.717, 1.165) is 34.9 Å². The molecule has 0 radical (unpaired) electrons. The Hall–Kier alpha value is -2.59. The van der Waals surface area contributed by atoms with Gasteiger partial charge in [0.1, 0.15) is 5.82 Å². The van der Waals surface area contributed by atoms with Crippen molar-refractivity contribution in [2.24, 2.45) is 0 Å². The monoisotopic (exact) mass is 302 g/mol. The zero-order valence-corrected chi connectivity index (χ0v) is 13.5. The lowest BCUT2D eigenvalue weighted by Crippen LogP contribution is -1.91. The molecular weight excluding hydrogens is 283 g/mol. The van der Waals surface area contributed by atoms with Crippen LogP contribution in [0.1, 0.15) is 35.6 Å². The van der Waals surface area contributed by atoms with Crippen molar-refractivity contribution in [3.8, 4) is 11.8 Å². The summed E-state index contributed by atoms with van der Waals surface area (Å²) in [4.78, 5) is 0. The third-order valence-electron chi connectivity index (χ3n) is 3.96. The number of aryl methyl sites for hydroxylation is 2. The zero-order chi connectivity index (χ0) is 16.2. The molecule has 0 saturated carbocycles. The molecule has 0 nitrogen and oxygen atoms in total. The number of halogens is 1. The first-order valence-corrected chi connectivity index (χ1v) is 7.97. The van der Waals surface area contributed by atoms with Gasteiger partial charge in [-0.1, -0.05) is 61.1 Å². The van der Waals surface area contributed by atoms with Crippen LogP contribution in [0.5, 0.6) is 0 Å². The summed E-state index contributed by atoms with van der Waals surface area (Å²) in [5.74, 6) is 6.22. The maximum Gasteiger partial charge on any atom is 0.134 e. The van der Waals surface area contributed by atoms with E-state index in [1.54, 1.807) is 0 Å². The second kappa shape index (κ2) is 6.67. The van der Waals surface area contributed by atoms with Crippen LogP contribution in [-0.4, -0.2) is 0 Å². The molecule has 0 aliphatic carbocycles. The maximum absolute atomic E-state index is 14.4. The number of benzene rings is 3. The van der Waals surface area contributed by atoms with Crippen LogP contribution in [-0.2, 0) is 6.42 Å². The summed E-state index contributed by atoms with van der Waals surface area (Å²) in [7, 11) is 0. The highest BCUT2D eigenvalue weighted by Crippen LogP contribution is 2.23. The molecule has 23 heavy (non-hydrogen) atoms. The van der Waals surface area contributed by atoms with Crippen LogP contribution in [0.15, 0.2) is 54.6 Å². The molecule has 0 bridgehead atoms. The fourth-order valence-electron chi connectivity index (χ4n) is 2.66. The molecule has 114 valence electrons. The van der Waals surface area contributed by atoms with Crippen molar-refractivity contribution in [2.75, 3.05) is 0 Å². The van der Waals surface area contributed by atoms with Gasteiger partial charge in [-0.05, 0) is 48.6 Å². The maximum atomic E-state index is 14.4. The lowest BCUT2D eigenvalue weighted by Gasteiger charge is -2.06. The molecule has 0 spiro atoms. The van der Waals surface area contributed by atoms with Gasteiger partial charge in [-0.15, -0.1) is 0 Å². The van der Waals surface area contributed by atoms with E-state index in [1.807, 2.05) is 42.5 Å². The molecule has 0 heterocycles. The minimum atomic E-state index is -0.0950. The minimum Gasteiger partial charge on any atom is -0.206 e. The number of hydrogen-bond acceptors (Lipinski definition) is 0. The second-order valence-electron chi connectivity index (χ2n) is 5.84. The first kappa shape index (κ1) is 15.3. The molecular formula is C22H19F. The van der Waals surface area contributed by atoms with Gasteiger partial charge in [0.15, 0.2) is 0 Å². The van der Waals surface area contributed by atoms with Gasteiger partial charge < -0.3 is 0 Å². The summed E-state index contributed by atoms with van der Waals surface area (Å²) in [6.45, 7) is 4.12. The predicted molar refractivity (Wildman–Crippen MR) is 95.1 cm³/mol. The first-order chi connectivity index (χ1) is 11.2. The molecule has 0 N–H and O–H groups in total. The van der Waals surface area contributed by atoms with Crippen molar-refractivity contribution in [3.05, 3.63) is 82.7 Å². The molecule has 0 unspecified atom stereocenters. The molecule has 0 saturated heterocycles. The molecule has 0 aromatic heterocycles. The topological polar surface area (TPSA) is 0 Å². The van der Waals surface area contributed by atoms with E-state index in [-0.39, 0.29) is 5.82 Å². The summed E-state index contributed by atoms with van der Waals surface area (Å²) in [6.07, 6.45) is 1.72. The molecule has 0 atom stereocenters. The van der Waals surface area contributed by atoms with E-state index in [2.05, 4.69) is 37.8 Å². The fraction of sp³-hybridized carbons (Fsp3) is 0.182. The van der Waals surface area contributed by atoms with E-state index in [1.165, 1.54) is 5.56 Å². The van der Waals surface area contributed by atoms with Crippen LogP contribution in [0, 0.1) is 24.6 Å². The standard InChI is InChI=1S/C22H19F/c1-3-4-19-12-13-20-15-18(11-14-21(20)22(19)23)10-9-17-7-5-16(2)6-8-17/h5-8,11-15H,3-4H2,1-2H3. The average Bonchev–Trinajstić information content (AvgIpc) is 2.57. The fourth-order valence-corrected chi connectivity index (χ4v) is 2.66. The SMILES string of the molecule is CCCc1ccc2cc(C#Cc3ccc(C)cc3)ccc2c1F. The Bertz CT molecular complexity index is 893. The van der Waals surface area contributed by atoms with Crippen molar-refractivity contribution in [1.29, 1.82) is 0 Å². The lowest BCUT2D eigenvalue weighted by atomic mass is 10.0. The molecule has 0 aliphatic rings. The number of fused-ring (bicyclic) bond motifs is 1. The zero-order valence-electron chi connectivity index (χ0n) is 13.5. The third-order valence-corrected chi connectivity index (χ3v) is 3.96. The molecule has 0 aliphatic heterocycles. The Balaban J connectivity index is 1.95. The number of hydrogen-bond donors (Lipinski definition) is 0. The van der Waals surface area contributed by atoms with Crippen LogP contribution in [0.3, 0.4) is 0 Å². The Morgan fingerprint density at radius 1 is 0.870 bits per heavy atom. The highest BCUT2D eigenvalue weighted by atomic mass is 19.1. The van der Waals surface area contributed by atoms with E-state index < -0.39 is 0 Å². The van der Waals surface area contributed by atoms with Gasteiger partial charge in [0.2, 0.25) is 0 Å². The van der Waals surface area contributed by atoms with E-state index in [9.17, 15) is 4.39 Å². The van der Waals surface area contributed by atoms with Crippen molar-refractivity contribution in [2.45, 2.75) is 26.7 Å². The second-order valence-corrected chi connectivity index (χ2v) is 5.84. The minimum absolute atomic E-state index is 0.0950. The highest BCUT2D eigenvalue weighted by molar-refractivity contribution is 5.85. The van der Waals surface area contributed by atoms with Crippen molar-refractivity contribution in [1.82, 2.24) is 0 Å². The molecule has 3 aromatic rings. The van der Waals surface area contributed by atoms with Gasteiger partial charge in [-0.2, -0.15) is 0 Å². The van der Waals surface area contributed by atoms with Crippen LogP contribution in [0.4, 0.5) is 4.39 Å². The van der Waals surface area contributed by atoms with E-state index in [0.29, 0.717) is 5.39 Å². The van der Waals surface area contributed by atoms with Crippen LogP contribution >= 0.6 is 0 Å². The van der Waals surface area contributed by atoms with Gasteiger partial charge in [0.05, 0.1) is 0 Å². The highest BCUT2D eigenvalue weighted by Gasteiger charge is 2.06. The lowest BCUT2D eigenvalue weighted by molar-refractivity contribution is 0.619. The van der Waals surface area contributed by atoms with Crippen molar-refractivity contribution >= 4 is 10.8 Å². The van der Waals surface area contributed by atoms with Crippen molar-refractivity contribution in [3.63, 3.8) is 0 Å².